The fraction of sp³-hybridized carbons (Fsp3) is 0.529. The Morgan fingerprint density at radius 3 is 2.87 bits per heavy atom. The Morgan fingerprint density at radius 1 is 1.26 bits per heavy atom. The van der Waals surface area contributed by atoms with Gasteiger partial charge in [0, 0.05) is 18.8 Å². The van der Waals surface area contributed by atoms with Crippen molar-refractivity contribution in [3.8, 4) is 0 Å². The Hall–Kier alpha value is -1.53. The highest BCUT2D eigenvalue weighted by atomic mass is 32.2. The lowest BCUT2D eigenvalue weighted by molar-refractivity contribution is -0.717. The smallest absolute Gasteiger partial charge is 0.319 e. The molecule has 4 rings (SSSR count). The molecule has 1 fully saturated rings. The first kappa shape index (κ1) is 15.0. The maximum Gasteiger partial charge on any atom is 0.319 e. The standard InChI is InChI=1S/C17H22N3O2S/c21-13-10-19-14-6-2-3-7-15(14)20(17(19)23-12-13)11-16(22)18-8-4-1-5-9-18/h2-3,6-7,13,21H,1,4-5,8-12H2/q+1. The summed E-state index contributed by atoms with van der Waals surface area (Å²) in [5.74, 6) is 0.898. The Kier molecular flexibility index (Phi) is 4.03. The number of aliphatic hydroxyl groups excluding tert-OH is 1. The molecular formula is C17H22N3O2S+. The van der Waals surface area contributed by atoms with Gasteiger partial charge in [-0.1, -0.05) is 12.1 Å². The van der Waals surface area contributed by atoms with Gasteiger partial charge in [-0.3, -0.25) is 4.79 Å². The number of likely N-dealkylation sites (tertiary alicyclic amines) is 1. The van der Waals surface area contributed by atoms with E-state index in [-0.39, 0.29) is 12.0 Å². The predicted molar refractivity (Wildman–Crippen MR) is 89.3 cm³/mol. The van der Waals surface area contributed by atoms with Crippen LogP contribution in [0.15, 0.2) is 29.4 Å². The zero-order valence-corrected chi connectivity index (χ0v) is 14.0. The second-order valence-corrected chi connectivity index (χ2v) is 7.36. The molecule has 23 heavy (non-hydrogen) atoms. The lowest BCUT2D eigenvalue weighted by Gasteiger charge is -2.26. The first-order valence-electron chi connectivity index (χ1n) is 8.34. The molecule has 3 heterocycles. The minimum atomic E-state index is -0.324. The first-order valence-corrected chi connectivity index (χ1v) is 9.32. The largest absolute Gasteiger partial charge is 0.388 e. The van der Waals surface area contributed by atoms with Crippen LogP contribution in [-0.2, 0) is 17.9 Å². The van der Waals surface area contributed by atoms with Crippen molar-refractivity contribution in [2.45, 2.75) is 43.6 Å². The topological polar surface area (TPSA) is 49.4 Å². The number of para-hydroxylation sites is 2. The van der Waals surface area contributed by atoms with Crippen molar-refractivity contribution in [1.82, 2.24) is 9.47 Å². The van der Waals surface area contributed by atoms with Crippen molar-refractivity contribution in [3.05, 3.63) is 24.3 Å². The quantitative estimate of drug-likeness (QED) is 0.846. The van der Waals surface area contributed by atoms with Gasteiger partial charge in [0.2, 0.25) is 0 Å². The van der Waals surface area contributed by atoms with Gasteiger partial charge in [-0.05, 0) is 43.2 Å². The highest BCUT2D eigenvalue weighted by molar-refractivity contribution is 7.99. The Labute approximate surface area is 139 Å². The molecule has 1 saturated heterocycles. The van der Waals surface area contributed by atoms with E-state index in [9.17, 15) is 9.90 Å². The summed E-state index contributed by atoms with van der Waals surface area (Å²) in [6.45, 7) is 2.78. The fourth-order valence-electron chi connectivity index (χ4n) is 3.57. The third kappa shape index (κ3) is 2.74. The van der Waals surface area contributed by atoms with Crippen LogP contribution in [0.5, 0.6) is 0 Å². The first-order chi connectivity index (χ1) is 11.2. The molecule has 2 aromatic rings. The van der Waals surface area contributed by atoms with E-state index in [2.05, 4.69) is 21.3 Å². The molecule has 1 aromatic carbocycles. The number of carbonyl (C=O) groups excluding carboxylic acids is 1. The van der Waals surface area contributed by atoms with E-state index in [1.807, 2.05) is 17.0 Å². The lowest BCUT2D eigenvalue weighted by atomic mass is 10.1. The molecular weight excluding hydrogens is 310 g/mol. The average Bonchev–Trinajstić information content (AvgIpc) is 2.89. The summed E-state index contributed by atoms with van der Waals surface area (Å²) in [6.07, 6.45) is 3.14. The van der Waals surface area contributed by atoms with Gasteiger partial charge in [-0.2, -0.15) is 0 Å². The summed E-state index contributed by atoms with van der Waals surface area (Å²) in [5.41, 5.74) is 2.18. The number of fused-ring (bicyclic) bond motifs is 3. The van der Waals surface area contributed by atoms with Crippen LogP contribution < -0.4 is 4.57 Å². The number of imidazole rings is 1. The Balaban J connectivity index is 1.70. The Morgan fingerprint density at radius 2 is 2.04 bits per heavy atom. The lowest BCUT2D eigenvalue weighted by Crippen LogP contribution is -2.46. The van der Waals surface area contributed by atoms with Gasteiger partial charge in [0.1, 0.15) is 12.6 Å². The predicted octanol–water partition coefficient (Wildman–Crippen LogP) is 1.41. The second kappa shape index (κ2) is 6.17. The van der Waals surface area contributed by atoms with Crippen LogP contribution >= 0.6 is 11.8 Å². The van der Waals surface area contributed by atoms with Gasteiger partial charge in [0.25, 0.3) is 5.91 Å². The molecule has 1 atom stereocenters. The SMILES string of the molecule is O=C(Cn1c2[n+](c3ccccc31)CC(O)CS2)N1CCCCC1. The molecule has 0 saturated carbocycles. The van der Waals surface area contributed by atoms with Crippen LogP contribution in [0.3, 0.4) is 0 Å². The molecule has 6 heteroatoms. The molecule has 122 valence electrons. The van der Waals surface area contributed by atoms with Crippen LogP contribution in [0.2, 0.25) is 0 Å². The third-order valence-electron chi connectivity index (χ3n) is 4.73. The summed E-state index contributed by atoms with van der Waals surface area (Å²) >= 11 is 1.64. The van der Waals surface area contributed by atoms with Crippen molar-refractivity contribution in [1.29, 1.82) is 0 Å². The number of aromatic nitrogens is 2. The molecule has 2 aliphatic rings. The zero-order chi connectivity index (χ0) is 15.8. The van der Waals surface area contributed by atoms with Crippen molar-refractivity contribution in [2.75, 3.05) is 18.8 Å². The fourth-order valence-corrected chi connectivity index (χ4v) is 4.66. The summed E-state index contributed by atoms with van der Waals surface area (Å²) in [7, 11) is 0. The van der Waals surface area contributed by atoms with Gasteiger partial charge in [0.05, 0.1) is 0 Å². The van der Waals surface area contributed by atoms with Crippen LogP contribution in [0.25, 0.3) is 11.0 Å². The van der Waals surface area contributed by atoms with E-state index in [0.29, 0.717) is 18.8 Å². The molecule has 1 aromatic heterocycles. The van der Waals surface area contributed by atoms with Gasteiger partial charge in [-0.15, -0.1) is 0 Å². The number of thioether (sulfide) groups is 1. The number of amides is 1. The number of nitrogens with zero attached hydrogens (tertiary/aromatic N) is 3. The number of piperidine rings is 1. The van der Waals surface area contributed by atoms with E-state index in [4.69, 9.17) is 0 Å². The minimum Gasteiger partial charge on any atom is -0.388 e. The molecule has 0 aliphatic carbocycles. The van der Waals surface area contributed by atoms with E-state index in [0.717, 1.165) is 42.1 Å². The third-order valence-corrected chi connectivity index (χ3v) is 5.98. The molecule has 2 aliphatic heterocycles. The van der Waals surface area contributed by atoms with Crippen molar-refractivity contribution >= 4 is 28.7 Å². The number of hydrogen-bond acceptors (Lipinski definition) is 3. The molecule has 0 spiro atoms. The van der Waals surface area contributed by atoms with Gasteiger partial charge < -0.3 is 10.0 Å². The molecule has 1 N–H and O–H groups in total. The molecule has 0 radical (unpaired) electrons. The maximum atomic E-state index is 12.7. The molecule has 1 unspecified atom stereocenters. The number of rotatable bonds is 2. The monoisotopic (exact) mass is 332 g/mol. The summed E-state index contributed by atoms with van der Waals surface area (Å²) in [5, 5.41) is 11.1. The molecule has 0 bridgehead atoms. The van der Waals surface area contributed by atoms with Gasteiger partial charge >= 0.3 is 5.16 Å². The van der Waals surface area contributed by atoms with Gasteiger partial charge in [-0.25, -0.2) is 9.13 Å². The van der Waals surface area contributed by atoms with Crippen molar-refractivity contribution in [2.24, 2.45) is 0 Å². The number of hydrogen-bond donors (Lipinski definition) is 1. The summed E-state index contributed by atoms with van der Waals surface area (Å²) in [4.78, 5) is 14.7. The highest BCUT2D eigenvalue weighted by Crippen LogP contribution is 2.26. The second-order valence-electron chi connectivity index (χ2n) is 6.37. The number of carbonyl (C=O) groups is 1. The molecule has 5 nitrogen and oxygen atoms in total. The van der Waals surface area contributed by atoms with Gasteiger partial charge in [0.15, 0.2) is 17.6 Å². The number of aliphatic hydroxyl groups is 1. The summed E-state index contributed by atoms with van der Waals surface area (Å²) < 4.78 is 4.28. The minimum absolute atomic E-state index is 0.209. The average molecular weight is 332 g/mol. The number of benzene rings is 1. The summed E-state index contributed by atoms with van der Waals surface area (Å²) in [6, 6.07) is 8.16. The maximum absolute atomic E-state index is 12.7. The van der Waals surface area contributed by atoms with E-state index < -0.39 is 0 Å². The van der Waals surface area contributed by atoms with Crippen LogP contribution in [0.1, 0.15) is 19.3 Å². The van der Waals surface area contributed by atoms with Crippen LogP contribution in [0.4, 0.5) is 0 Å². The zero-order valence-electron chi connectivity index (χ0n) is 13.1. The van der Waals surface area contributed by atoms with Crippen LogP contribution in [-0.4, -0.2) is 45.4 Å². The Bertz CT molecular complexity index is 737. The van der Waals surface area contributed by atoms with E-state index >= 15 is 0 Å². The molecule has 1 amide bonds. The van der Waals surface area contributed by atoms with E-state index in [1.165, 1.54) is 6.42 Å². The normalized spacial score (nSPS) is 21.4. The van der Waals surface area contributed by atoms with Crippen molar-refractivity contribution in [3.63, 3.8) is 0 Å². The van der Waals surface area contributed by atoms with Crippen LogP contribution in [0, 0.1) is 0 Å². The van der Waals surface area contributed by atoms with Crippen molar-refractivity contribution < 1.29 is 14.5 Å². The highest BCUT2D eigenvalue weighted by Gasteiger charge is 2.33. The van der Waals surface area contributed by atoms with E-state index in [1.54, 1.807) is 11.8 Å².